The number of aromatic amines is 1. The molecule has 1 aromatic carbocycles. The molecule has 0 atom stereocenters. The monoisotopic (exact) mass is 354 g/mol. The second-order valence-electron chi connectivity index (χ2n) is 5.64. The Hall–Kier alpha value is -3.49. The molecule has 0 saturated heterocycles. The smallest absolute Gasteiger partial charge is 0.309 e. The number of carbonyl (C=O) groups is 2. The number of benzene rings is 1. The number of aryl methyl sites for hydroxylation is 1. The third-order valence-corrected chi connectivity index (χ3v) is 3.84. The number of carbonyl (C=O) groups excluding carboxylic acids is 2. The lowest BCUT2D eigenvalue weighted by Crippen LogP contribution is -2.40. The Bertz CT molecular complexity index is 964. The van der Waals surface area contributed by atoms with Crippen LogP contribution in [0.1, 0.15) is 12.1 Å². The molecule has 0 bridgehead atoms. The summed E-state index contributed by atoms with van der Waals surface area (Å²) in [5.74, 6) is -1.45. The summed E-state index contributed by atoms with van der Waals surface area (Å²) in [5.41, 5.74) is 0.188. The first kappa shape index (κ1) is 17.3. The Kier molecular flexibility index (Phi) is 5.37. The Labute approximate surface area is 148 Å². The average molecular weight is 354 g/mol. The second-order valence-corrected chi connectivity index (χ2v) is 5.64. The van der Waals surface area contributed by atoms with E-state index >= 15 is 0 Å². The van der Waals surface area contributed by atoms with Crippen molar-refractivity contribution in [1.29, 1.82) is 0 Å². The maximum atomic E-state index is 11.9. The zero-order valence-corrected chi connectivity index (χ0v) is 13.9. The predicted molar refractivity (Wildman–Crippen MR) is 94.1 cm³/mol. The molecule has 3 rings (SSSR count). The molecule has 0 aliphatic rings. The molecule has 0 aliphatic carbocycles. The van der Waals surface area contributed by atoms with Gasteiger partial charge in [-0.15, -0.1) is 0 Å². The lowest BCUT2D eigenvalue weighted by atomic mass is 10.1. The molecule has 9 heteroatoms. The second kappa shape index (κ2) is 8.06. The van der Waals surface area contributed by atoms with Crippen LogP contribution >= 0.6 is 0 Å². The zero-order chi connectivity index (χ0) is 18.4. The minimum atomic E-state index is -0.746. The summed E-state index contributed by atoms with van der Waals surface area (Å²) >= 11 is 0. The third kappa shape index (κ3) is 4.12. The Morgan fingerprint density at radius 2 is 1.88 bits per heavy atom. The van der Waals surface area contributed by atoms with Crippen LogP contribution in [0.5, 0.6) is 0 Å². The zero-order valence-electron chi connectivity index (χ0n) is 13.9. The molecule has 3 N–H and O–H groups in total. The fourth-order valence-electron chi connectivity index (χ4n) is 2.51. The molecule has 0 fully saturated rings. The number of nitrogens with one attached hydrogen (secondary N) is 3. The summed E-state index contributed by atoms with van der Waals surface area (Å²) < 4.78 is 1.89. The van der Waals surface area contributed by atoms with Crippen molar-refractivity contribution in [2.45, 2.75) is 19.5 Å². The normalized spacial score (nSPS) is 10.6. The molecule has 0 saturated carbocycles. The van der Waals surface area contributed by atoms with Crippen molar-refractivity contribution < 1.29 is 9.59 Å². The quantitative estimate of drug-likeness (QED) is 0.423. The molecule has 2 heterocycles. The first-order chi connectivity index (χ1) is 12.6. The lowest BCUT2D eigenvalue weighted by Gasteiger charge is -2.08. The van der Waals surface area contributed by atoms with E-state index in [1.807, 2.05) is 10.8 Å². The maximum absolute atomic E-state index is 11.9. The summed E-state index contributed by atoms with van der Waals surface area (Å²) in [7, 11) is 0. The van der Waals surface area contributed by atoms with Crippen LogP contribution in [-0.2, 0) is 22.7 Å². The van der Waals surface area contributed by atoms with Crippen LogP contribution in [0.15, 0.2) is 47.8 Å². The van der Waals surface area contributed by atoms with Gasteiger partial charge in [-0.2, -0.15) is 5.10 Å². The molecule has 9 nitrogen and oxygen atoms in total. The highest BCUT2D eigenvalue weighted by molar-refractivity contribution is 6.35. The van der Waals surface area contributed by atoms with Crippen molar-refractivity contribution in [2.24, 2.45) is 0 Å². The van der Waals surface area contributed by atoms with Gasteiger partial charge in [0.05, 0.1) is 24.0 Å². The fourth-order valence-corrected chi connectivity index (χ4v) is 2.51. The Morgan fingerprint density at radius 1 is 1.12 bits per heavy atom. The maximum Gasteiger partial charge on any atom is 0.309 e. The van der Waals surface area contributed by atoms with E-state index < -0.39 is 11.8 Å². The van der Waals surface area contributed by atoms with Gasteiger partial charge in [0, 0.05) is 30.9 Å². The summed E-state index contributed by atoms with van der Waals surface area (Å²) in [5, 5.41) is 12.5. The number of fused-ring (bicyclic) bond motifs is 1. The highest BCUT2D eigenvalue weighted by atomic mass is 16.2. The van der Waals surface area contributed by atoms with Crippen LogP contribution in [0.4, 0.5) is 0 Å². The van der Waals surface area contributed by atoms with Gasteiger partial charge >= 0.3 is 11.8 Å². The Morgan fingerprint density at radius 3 is 2.65 bits per heavy atom. The number of rotatable bonds is 6. The van der Waals surface area contributed by atoms with Crippen LogP contribution < -0.4 is 16.2 Å². The van der Waals surface area contributed by atoms with E-state index in [0.717, 1.165) is 0 Å². The van der Waals surface area contributed by atoms with Crippen LogP contribution in [0.3, 0.4) is 0 Å². The van der Waals surface area contributed by atoms with Gasteiger partial charge in [-0.25, -0.2) is 10.1 Å². The molecule has 0 spiro atoms. The minimum absolute atomic E-state index is 0.0403. The van der Waals surface area contributed by atoms with Crippen LogP contribution in [0, 0.1) is 0 Å². The van der Waals surface area contributed by atoms with Crippen molar-refractivity contribution in [2.75, 3.05) is 6.54 Å². The van der Waals surface area contributed by atoms with E-state index in [1.165, 1.54) is 0 Å². The van der Waals surface area contributed by atoms with Gasteiger partial charge in [-0.3, -0.25) is 14.4 Å². The Balaban J connectivity index is 1.50. The van der Waals surface area contributed by atoms with Crippen molar-refractivity contribution in [1.82, 2.24) is 30.4 Å². The van der Waals surface area contributed by atoms with E-state index in [-0.39, 0.29) is 12.1 Å². The van der Waals surface area contributed by atoms with Crippen molar-refractivity contribution in [3.8, 4) is 0 Å². The number of hydrogen-bond acceptors (Lipinski definition) is 5. The molecule has 26 heavy (non-hydrogen) atoms. The number of amides is 2. The van der Waals surface area contributed by atoms with Gasteiger partial charge < -0.3 is 15.2 Å². The minimum Gasteiger partial charge on any atom is -0.348 e. The highest BCUT2D eigenvalue weighted by Gasteiger charge is 2.14. The molecular formula is C17H18N6O3. The molecule has 2 amide bonds. The highest BCUT2D eigenvalue weighted by Crippen LogP contribution is 2.11. The molecule has 3 aromatic rings. The molecule has 0 unspecified atom stereocenters. The number of nitrogens with zero attached hydrogens (tertiary/aromatic N) is 3. The number of H-pyrrole nitrogens is 1. The van der Waals surface area contributed by atoms with Crippen molar-refractivity contribution >= 4 is 22.6 Å². The average Bonchev–Trinajstić information content (AvgIpc) is 3.18. The van der Waals surface area contributed by atoms with Crippen molar-refractivity contribution in [3.05, 3.63) is 59.0 Å². The summed E-state index contributed by atoms with van der Waals surface area (Å²) in [6.07, 6.45) is 5.88. The first-order valence-corrected chi connectivity index (χ1v) is 8.13. The van der Waals surface area contributed by atoms with Crippen molar-refractivity contribution in [3.63, 3.8) is 0 Å². The van der Waals surface area contributed by atoms with E-state index in [2.05, 4.69) is 25.8 Å². The molecular weight excluding hydrogens is 336 g/mol. The number of aromatic nitrogens is 4. The largest absolute Gasteiger partial charge is 0.348 e. The van der Waals surface area contributed by atoms with Gasteiger partial charge in [-0.05, 0) is 12.5 Å². The molecule has 2 aromatic heterocycles. The van der Waals surface area contributed by atoms with Gasteiger partial charge in [0.1, 0.15) is 0 Å². The van der Waals surface area contributed by atoms with E-state index in [0.29, 0.717) is 36.0 Å². The van der Waals surface area contributed by atoms with E-state index in [4.69, 9.17) is 0 Å². The van der Waals surface area contributed by atoms with Crippen LogP contribution in [0.2, 0.25) is 0 Å². The first-order valence-electron chi connectivity index (χ1n) is 8.13. The van der Waals surface area contributed by atoms with Gasteiger partial charge in [0.25, 0.3) is 5.56 Å². The van der Waals surface area contributed by atoms with E-state index in [9.17, 15) is 14.4 Å². The summed E-state index contributed by atoms with van der Waals surface area (Å²) in [6.45, 7) is 1.12. The SMILES string of the molecule is O=C(NCCCn1ccnc1)C(=O)NCc1n[nH]c(=O)c2ccccc12. The fraction of sp³-hybridized carbons (Fsp3) is 0.235. The third-order valence-electron chi connectivity index (χ3n) is 3.84. The summed E-state index contributed by atoms with van der Waals surface area (Å²) in [6, 6.07) is 6.95. The number of imidazole rings is 1. The van der Waals surface area contributed by atoms with Gasteiger partial charge in [0.15, 0.2) is 0 Å². The standard InChI is InChI=1S/C17H18N6O3/c24-15-13-5-2-1-4-12(13)14(21-22-15)10-20-17(26)16(25)19-6-3-8-23-9-7-18-11-23/h1-2,4-5,7,9,11H,3,6,8,10H2,(H,19,25)(H,20,26)(H,22,24). The molecule has 134 valence electrons. The van der Waals surface area contributed by atoms with Crippen LogP contribution in [0.25, 0.3) is 10.8 Å². The lowest BCUT2D eigenvalue weighted by molar-refractivity contribution is -0.139. The predicted octanol–water partition coefficient (Wildman–Crippen LogP) is -0.0577. The van der Waals surface area contributed by atoms with Gasteiger partial charge in [0.2, 0.25) is 0 Å². The molecule has 0 aliphatic heterocycles. The molecule has 0 radical (unpaired) electrons. The van der Waals surface area contributed by atoms with Crippen LogP contribution in [-0.4, -0.2) is 38.1 Å². The van der Waals surface area contributed by atoms with Gasteiger partial charge in [-0.1, -0.05) is 18.2 Å². The number of hydrogen-bond donors (Lipinski definition) is 3. The topological polar surface area (TPSA) is 122 Å². The summed E-state index contributed by atoms with van der Waals surface area (Å²) in [4.78, 5) is 39.4. The van der Waals surface area contributed by atoms with E-state index in [1.54, 1.807) is 36.8 Å².